The van der Waals surface area contributed by atoms with E-state index >= 15 is 0 Å². The van der Waals surface area contributed by atoms with Crippen LogP contribution < -0.4 is 16.0 Å². The van der Waals surface area contributed by atoms with E-state index in [1.165, 1.54) is 21.4 Å². The predicted molar refractivity (Wildman–Crippen MR) is 73.0 cm³/mol. The SMILES string of the molecule is Nc1nc2n(cc[n+]2[C@H]2C[C@H](O)[C@@H](COP(=O)(O)O)O2)c(=O)[nH]1. The summed E-state index contributed by atoms with van der Waals surface area (Å²) in [5, 5.41) is 9.95. The van der Waals surface area contributed by atoms with E-state index in [2.05, 4.69) is 14.5 Å². The van der Waals surface area contributed by atoms with Crippen LogP contribution in [0.1, 0.15) is 12.6 Å². The fourth-order valence-electron chi connectivity index (χ4n) is 2.40. The predicted octanol–water partition coefficient (Wildman–Crippen LogP) is -2.35. The number of anilines is 1. The van der Waals surface area contributed by atoms with Gasteiger partial charge in [-0.15, -0.1) is 4.40 Å². The van der Waals surface area contributed by atoms with Crippen molar-refractivity contribution in [2.75, 3.05) is 12.3 Å². The number of aromatic amines is 1. The molecule has 3 heterocycles. The van der Waals surface area contributed by atoms with Crippen LogP contribution in [0.3, 0.4) is 0 Å². The average molecular weight is 348 g/mol. The van der Waals surface area contributed by atoms with Gasteiger partial charge in [-0.25, -0.2) is 18.9 Å². The monoisotopic (exact) mass is 348 g/mol. The molecule has 0 unspecified atom stereocenters. The van der Waals surface area contributed by atoms with Gasteiger partial charge in [0.1, 0.15) is 18.5 Å². The Labute approximate surface area is 128 Å². The molecule has 0 aliphatic carbocycles. The van der Waals surface area contributed by atoms with Crippen LogP contribution in [0.4, 0.5) is 5.95 Å². The van der Waals surface area contributed by atoms with E-state index in [-0.39, 0.29) is 18.1 Å². The molecular formula is C10H15N5O7P+. The lowest BCUT2D eigenvalue weighted by molar-refractivity contribution is -0.738. The molecule has 2 aromatic rings. The first-order chi connectivity index (χ1) is 10.7. The highest BCUT2D eigenvalue weighted by molar-refractivity contribution is 7.46. The number of hydrogen-bond donors (Lipinski definition) is 5. The minimum Gasteiger partial charge on any atom is -0.390 e. The van der Waals surface area contributed by atoms with E-state index in [0.717, 1.165) is 0 Å². The molecule has 23 heavy (non-hydrogen) atoms. The number of rotatable bonds is 4. The fourth-order valence-corrected chi connectivity index (χ4v) is 2.74. The van der Waals surface area contributed by atoms with Gasteiger partial charge in [-0.3, -0.25) is 4.52 Å². The summed E-state index contributed by atoms with van der Waals surface area (Å²) in [5.41, 5.74) is 5.03. The molecule has 6 N–H and O–H groups in total. The van der Waals surface area contributed by atoms with Gasteiger partial charge in [0.25, 0.3) is 5.95 Å². The van der Waals surface area contributed by atoms with E-state index < -0.39 is 38.6 Å². The van der Waals surface area contributed by atoms with Crippen molar-refractivity contribution < 1.29 is 33.3 Å². The molecule has 1 aliphatic rings. The number of nitrogens with two attached hydrogens (primary N) is 1. The topological polar surface area (TPSA) is 176 Å². The summed E-state index contributed by atoms with van der Waals surface area (Å²) in [6, 6.07) is 0. The third-order valence-electron chi connectivity index (χ3n) is 3.42. The molecule has 0 saturated carbocycles. The van der Waals surface area contributed by atoms with Crippen molar-refractivity contribution in [3.8, 4) is 0 Å². The lowest BCUT2D eigenvalue weighted by Gasteiger charge is -2.14. The number of aliphatic hydroxyl groups is 1. The third kappa shape index (κ3) is 3.27. The number of H-pyrrole nitrogens is 1. The lowest BCUT2D eigenvalue weighted by Crippen LogP contribution is -2.40. The molecule has 3 rings (SSSR count). The minimum absolute atomic E-state index is 0.0742. The van der Waals surface area contributed by atoms with Gasteiger partial charge in [0, 0.05) is 6.42 Å². The largest absolute Gasteiger partial charge is 0.469 e. The first-order valence-corrected chi connectivity index (χ1v) is 8.09. The quantitative estimate of drug-likeness (QED) is 0.299. The summed E-state index contributed by atoms with van der Waals surface area (Å²) in [7, 11) is -4.65. The second-order valence-corrected chi connectivity index (χ2v) is 6.26. The zero-order valence-corrected chi connectivity index (χ0v) is 12.5. The maximum atomic E-state index is 11.7. The summed E-state index contributed by atoms with van der Waals surface area (Å²) >= 11 is 0. The number of phosphoric ester groups is 1. The number of nitrogen functional groups attached to an aromatic ring is 1. The number of aliphatic hydroxyl groups excluding tert-OH is 1. The van der Waals surface area contributed by atoms with Crippen LogP contribution in [0, 0.1) is 0 Å². The Balaban J connectivity index is 1.84. The number of nitrogens with one attached hydrogen (secondary N) is 1. The highest BCUT2D eigenvalue weighted by Crippen LogP contribution is 2.37. The molecule has 3 atom stereocenters. The summed E-state index contributed by atoms with van der Waals surface area (Å²) in [6.07, 6.45) is 0.515. The van der Waals surface area contributed by atoms with Crippen LogP contribution in [-0.4, -0.2) is 48.1 Å². The van der Waals surface area contributed by atoms with Gasteiger partial charge < -0.3 is 25.4 Å². The van der Waals surface area contributed by atoms with E-state index in [1.54, 1.807) is 0 Å². The van der Waals surface area contributed by atoms with E-state index in [4.69, 9.17) is 20.3 Å². The number of fused-ring (bicyclic) bond motifs is 1. The average Bonchev–Trinajstić information content (AvgIpc) is 2.99. The zero-order valence-electron chi connectivity index (χ0n) is 11.6. The molecular weight excluding hydrogens is 333 g/mol. The van der Waals surface area contributed by atoms with Gasteiger partial charge in [-0.1, -0.05) is 0 Å². The third-order valence-corrected chi connectivity index (χ3v) is 3.90. The Hall–Kier alpha value is -1.82. The van der Waals surface area contributed by atoms with Crippen molar-refractivity contribution in [1.82, 2.24) is 14.4 Å². The zero-order chi connectivity index (χ0) is 16.8. The van der Waals surface area contributed by atoms with Crippen molar-refractivity contribution in [3.63, 3.8) is 0 Å². The number of imidazole rings is 1. The van der Waals surface area contributed by atoms with Crippen LogP contribution in [-0.2, 0) is 13.8 Å². The summed E-state index contributed by atoms with van der Waals surface area (Å²) in [5.74, 6) is 0.134. The second kappa shape index (κ2) is 5.67. The Morgan fingerprint density at radius 1 is 1.61 bits per heavy atom. The van der Waals surface area contributed by atoms with E-state index in [1.807, 2.05) is 0 Å². The first-order valence-electron chi connectivity index (χ1n) is 6.56. The maximum absolute atomic E-state index is 11.7. The highest BCUT2D eigenvalue weighted by atomic mass is 31.2. The molecule has 0 radical (unpaired) electrons. The molecule has 1 aliphatic heterocycles. The Bertz CT molecular complexity index is 829. The van der Waals surface area contributed by atoms with E-state index in [0.29, 0.717) is 0 Å². The number of nitrogens with zero attached hydrogens (tertiary/aromatic N) is 3. The van der Waals surface area contributed by atoms with Gasteiger partial charge in [-0.2, -0.15) is 0 Å². The number of aromatic nitrogens is 4. The van der Waals surface area contributed by atoms with Crippen LogP contribution >= 0.6 is 7.82 Å². The van der Waals surface area contributed by atoms with Gasteiger partial charge >= 0.3 is 19.3 Å². The molecule has 1 fully saturated rings. The van der Waals surface area contributed by atoms with Gasteiger partial charge in [0.2, 0.25) is 0 Å². The van der Waals surface area contributed by atoms with Crippen LogP contribution in [0.2, 0.25) is 0 Å². The Morgan fingerprint density at radius 3 is 3.04 bits per heavy atom. The number of phosphoric acid groups is 1. The molecule has 0 aromatic carbocycles. The van der Waals surface area contributed by atoms with Crippen molar-refractivity contribution in [2.24, 2.45) is 0 Å². The van der Waals surface area contributed by atoms with Crippen LogP contribution in [0.15, 0.2) is 17.2 Å². The molecule has 2 aromatic heterocycles. The number of ether oxygens (including phenoxy) is 1. The fraction of sp³-hybridized carbons (Fsp3) is 0.500. The van der Waals surface area contributed by atoms with Crippen molar-refractivity contribution in [1.29, 1.82) is 0 Å². The highest BCUT2D eigenvalue weighted by Gasteiger charge is 2.39. The smallest absolute Gasteiger partial charge is 0.390 e. The molecule has 12 nitrogen and oxygen atoms in total. The normalized spacial score (nSPS) is 25.3. The van der Waals surface area contributed by atoms with E-state index in [9.17, 15) is 14.5 Å². The van der Waals surface area contributed by atoms with Gasteiger partial charge in [0.15, 0.2) is 6.23 Å². The van der Waals surface area contributed by atoms with Gasteiger partial charge in [0.05, 0.1) is 12.7 Å². The van der Waals surface area contributed by atoms with Gasteiger partial charge in [-0.05, 0) is 4.98 Å². The lowest BCUT2D eigenvalue weighted by atomic mass is 10.2. The second-order valence-electron chi connectivity index (χ2n) is 5.02. The molecule has 0 amide bonds. The van der Waals surface area contributed by atoms with Crippen molar-refractivity contribution in [2.45, 2.75) is 24.9 Å². The van der Waals surface area contributed by atoms with Crippen LogP contribution in [0.5, 0.6) is 0 Å². The maximum Gasteiger partial charge on any atom is 0.469 e. The summed E-state index contributed by atoms with van der Waals surface area (Å²) in [4.78, 5) is 35.5. The number of hydrogen-bond acceptors (Lipinski definition) is 7. The first kappa shape index (κ1) is 16.1. The molecule has 0 bridgehead atoms. The Kier molecular flexibility index (Phi) is 3.96. The van der Waals surface area contributed by atoms with Crippen LogP contribution in [0.25, 0.3) is 5.78 Å². The molecule has 126 valence electrons. The summed E-state index contributed by atoms with van der Waals surface area (Å²) < 4.78 is 23.3. The summed E-state index contributed by atoms with van der Waals surface area (Å²) in [6.45, 7) is -0.468. The standard InChI is InChI=1S/C10H14N5O7P/c11-8-12-9-14(1-2-15(9)10(17)13-8)7-3-5(16)6(22-7)4-21-23(18,19)20/h1-2,5-7,16H,3-4H2,(H4,11,13,17,18,19,20)/p+1/t5-,6+,7+/m0/s1. The molecule has 13 heteroatoms. The molecule has 1 saturated heterocycles. The van der Waals surface area contributed by atoms with Crippen molar-refractivity contribution >= 4 is 19.5 Å². The molecule has 0 spiro atoms. The van der Waals surface area contributed by atoms with Crippen molar-refractivity contribution in [3.05, 3.63) is 22.9 Å². The Morgan fingerprint density at radius 2 is 2.35 bits per heavy atom. The minimum atomic E-state index is -4.65.